The number of carbonyl (C=O) groups is 1. The molecule has 0 N–H and O–H groups in total. The zero-order chi connectivity index (χ0) is 14.0. The molecular weight excluding hydrogens is 374 g/mol. The minimum absolute atomic E-state index is 0.0734. The molecule has 2 rings (SSSR count). The van der Waals surface area contributed by atoms with Crippen LogP contribution in [0.25, 0.3) is 0 Å². The second kappa shape index (κ2) is 6.37. The number of aryl methyl sites for hydroxylation is 1. The van der Waals surface area contributed by atoms with Gasteiger partial charge in [0.05, 0.1) is 12.2 Å². The summed E-state index contributed by atoms with van der Waals surface area (Å²) >= 11 is 6.88. The summed E-state index contributed by atoms with van der Waals surface area (Å²) in [4.78, 5) is 14.4. The molecule has 1 amide bonds. The second-order valence-corrected chi connectivity index (χ2v) is 6.40. The first-order chi connectivity index (χ1) is 9.01. The standard InChI is InChI=1S/C14H17Br2NO2/c1-9-5-11(3-4-13(9)16)14(18)17-7-10(2)19-12(6-15)8-17/h3-5,10,12H,6-8H2,1-2H3. The largest absolute Gasteiger partial charge is 0.371 e. The predicted molar refractivity (Wildman–Crippen MR) is 82.9 cm³/mol. The van der Waals surface area contributed by atoms with Crippen LogP contribution in [0, 0.1) is 6.92 Å². The quantitative estimate of drug-likeness (QED) is 0.724. The van der Waals surface area contributed by atoms with Gasteiger partial charge in [0, 0.05) is 28.5 Å². The van der Waals surface area contributed by atoms with Crippen LogP contribution in [0.2, 0.25) is 0 Å². The maximum Gasteiger partial charge on any atom is 0.254 e. The lowest BCUT2D eigenvalue weighted by Gasteiger charge is -2.36. The van der Waals surface area contributed by atoms with Crippen LogP contribution in [-0.2, 0) is 4.74 Å². The van der Waals surface area contributed by atoms with E-state index < -0.39 is 0 Å². The monoisotopic (exact) mass is 389 g/mol. The summed E-state index contributed by atoms with van der Waals surface area (Å²) in [5.74, 6) is 0.0803. The van der Waals surface area contributed by atoms with E-state index >= 15 is 0 Å². The Balaban J connectivity index is 2.16. The highest BCUT2D eigenvalue weighted by molar-refractivity contribution is 9.10. The van der Waals surface area contributed by atoms with E-state index in [4.69, 9.17) is 4.74 Å². The molecule has 0 bridgehead atoms. The van der Waals surface area contributed by atoms with Crippen molar-refractivity contribution in [2.45, 2.75) is 26.1 Å². The molecule has 104 valence electrons. The van der Waals surface area contributed by atoms with Crippen LogP contribution < -0.4 is 0 Å². The van der Waals surface area contributed by atoms with Crippen LogP contribution >= 0.6 is 31.9 Å². The summed E-state index contributed by atoms with van der Waals surface area (Å²) in [6.07, 6.45) is 0.154. The Kier molecular flexibility index (Phi) is 5.03. The number of ether oxygens (including phenoxy) is 1. The Morgan fingerprint density at radius 1 is 1.47 bits per heavy atom. The SMILES string of the molecule is Cc1cc(C(=O)N2CC(C)OC(CBr)C2)ccc1Br. The van der Waals surface area contributed by atoms with Crippen molar-refractivity contribution < 1.29 is 9.53 Å². The van der Waals surface area contributed by atoms with Crippen molar-refractivity contribution in [1.29, 1.82) is 0 Å². The maximum absolute atomic E-state index is 12.5. The van der Waals surface area contributed by atoms with Crippen molar-refractivity contribution in [3.05, 3.63) is 33.8 Å². The summed E-state index contributed by atoms with van der Waals surface area (Å²) in [5.41, 5.74) is 1.81. The molecule has 5 heteroatoms. The highest BCUT2D eigenvalue weighted by Crippen LogP contribution is 2.20. The first kappa shape index (κ1) is 15.0. The van der Waals surface area contributed by atoms with Crippen molar-refractivity contribution in [2.75, 3.05) is 18.4 Å². The van der Waals surface area contributed by atoms with Gasteiger partial charge in [0.2, 0.25) is 0 Å². The van der Waals surface area contributed by atoms with Gasteiger partial charge >= 0.3 is 0 Å². The summed E-state index contributed by atoms with van der Waals surface area (Å²) in [5, 5.41) is 0.750. The fourth-order valence-electron chi connectivity index (χ4n) is 2.26. The van der Waals surface area contributed by atoms with Gasteiger partial charge in [-0.05, 0) is 37.6 Å². The first-order valence-corrected chi connectivity index (χ1v) is 8.19. The molecule has 2 atom stereocenters. The van der Waals surface area contributed by atoms with Gasteiger partial charge in [-0.1, -0.05) is 31.9 Å². The molecule has 1 aliphatic heterocycles. The molecule has 0 saturated carbocycles. The number of amides is 1. The molecule has 1 saturated heterocycles. The third-order valence-electron chi connectivity index (χ3n) is 3.19. The lowest BCUT2D eigenvalue weighted by molar-refractivity contribution is -0.0559. The molecule has 0 spiro atoms. The number of halogens is 2. The summed E-state index contributed by atoms with van der Waals surface area (Å²) in [6.45, 7) is 5.28. The van der Waals surface area contributed by atoms with E-state index in [2.05, 4.69) is 31.9 Å². The Hall–Kier alpha value is -0.390. The van der Waals surface area contributed by atoms with Crippen molar-refractivity contribution >= 4 is 37.8 Å². The minimum Gasteiger partial charge on any atom is -0.371 e. The van der Waals surface area contributed by atoms with E-state index in [1.165, 1.54) is 0 Å². The summed E-state index contributed by atoms with van der Waals surface area (Å²) in [6, 6.07) is 5.72. The molecule has 0 aliphatic carbocycles. The average molecular weight is 391 g/mol. The van der Waals surface area contributed by atoms with Crippen molar-refractivity contribution in [1.82, 2.24) is 4.90 Å². The normalized spacial score (nSPS) is 23.5. The maximum atomic E-state index is 12.5. The molecule has 1 aliphatic rings. The topological polar surface area (TPSA) is 29.5 Å². The van der Waals surface area contributed by atoms with Gasteiger partial charge in [0.1, 0.15) is 0 Å². The highest BCUT2D eigenvalue weighted by atomic mass is 79.9. The molecule has 0 aromatic heterocycles. The van der Waals surface area contributed by atoms with Crippen LogP contribution in [0.5, 0.6) is 0 Å². The van der Waals surface area contributed by atoms with Crippen LogP contribution in [0.4, 0.5) is 0 Å². The zero-order valence-electron chi connectivity index (χ0n) is 11.0. The van der Waals surface area contributed by atoms with E-state index in [9.17, 15) is 4.79 Å². The van der Waals surface area contributed by atoms with Gasteiger partial charge in [0.25, 0.3) is 5.91 Å². The van der Waals surface area contributed by atoms with Gasteiger partial charge in [-0.15, -0.1) is 0 Å². The number of hydrogen-bond acceptors (Lipinski definition) is 2. The minimum atomic E-state index is 0.0734. The van der Waals surface area contributed by atoms with Gasteiger partial charge in [-0.2, -0.15) is 0 Å². The smallest absolute Gasteiger partial charge is 0.254 e. The van der Waals surface area contributed by atoms with Gasteiger partial charge in [-0.3, -0.25) is 4.79 Å². The fraction of sp³-hybridized carbons (Fsp3) is 0.500. The van der Waals surface area contributed by atoms with E-state index in [1.807, 2.05) is 36.9 Å². The number of hydrogen-bond donors (Lipinski definition) is 0. The molecule has 2 unspecified atom stereocenters. The zero-order valence-corrected chi connectivity index (χ0v) is 14.2. The van der Waals surface area contributed by atoms with Crippen LogP contribution in [0.3, 0.4) is 0 Å². The van der Waals surface area contributed by atoms with Crippen LogP contribution in [0.15, 0.2) is 22.7 Å². The number of nitrogens with zero attached hydrogens (tertiary/aromatic N) is 1. The molecular formula is C14H17Br2NO2. The Bertz CT molecular complexity index is 479. The molecule has 1 fully saturated rings. The predicted octanol–water partition coefficient (Wildman–Crippen LogP) is 3.38. The van der Waals surface area contributed by atoms with Gasteiger partial charge in [-0.25, -0.2) is 0 Å². The molecule has 1 heterocycles. The van der Waals surface area contributed by atoms with Crippen LogP contribution in [-0.4, -0.2) is 41.4 Å². The molecule has 3 nitrogen and oxygen atoms in total. The average Bonchev–Trinajstić information content (AvgIpc) is 2.40. The molecule has 0 radical (unpaired) electrons. The Morgan fingerprint density at radius 3 is 2.84 bits per heavy atom. The van der Waals surface area contributed by atoms with E-state index in [0.29, 0.717) is 13.1 Å². The first-order valence-electron chi connectivity index (χ1n) is 6.28. The molecule has 19 heavy (non-hydrogen) atoms. The number of carbonyl (C=O) groups excluding carboxylic acids is 1. The fourth-order valence-corrected chi connectivity index (χ4v) is 2.86. The highest BCUT2D eigenvalue weighted by Gasteiger charge is 2.28. The number of benzene rings is 1. The van der Waals surface area contributed by atoms with Gasteiger partial charge < -0.3 is 9.64 Å². The number of alkyl halides is 1. The Morgan fingerprint density at radius 2 is 2.21 bits per heavy atom. The van der Waals surface area contributed by atoms with Crippen molar-refractivity contribution in [2.24, 2.45) is 0 Å². The summed E-state index contributed by atoms with van der Waals surface area (Å²) < 4.78 is 6.77. The van der Waals surface area contributed by atoms with Crippen molar-refractivity contribution in [3.63, 3.8) is 0 Å². The molecule has 1 aromatic carbocycles. The van der Waals surface area contributed by atoms with Crippen molar-refractivity contribution in [3.8, 4) is 0 Å². The van der Waals surface area contributed by atoms with Gasteiger partial charge in [0.15, 0.2) is 0 Å². The third kappa shape index (κ3) is 3.58. The second-order valence-electron chi connectivity index (χ2n) is 4.90. The Labute approximate surface area is 130 Å². The number of rotatable bonds is 2. The lowest BCUT2D eigenvalue weighted by atomic mass is 10.1. The lowest BCUT2D eigenvalue weighted by Crippen LogP contribution is -2.49. The number of morpholine rings is 1. The van der Waals surface area contributed by atoms with E-state index in [0.717, 1.165) is 20.9 Å². The van der Waals surface area contributed by atoms with E-state index in [-0.39, 0.29) is 18.1 Å². The molecule has 1 aromatic rings. The third-order valence-corrected chi connectivity index (χ3v) is 4.80. The summed E-state index contributed by atoms with van der Waals surface area (Å²) in [7, 11) is 0. The van der Waals surface area contributed by atoms with E-state index in [1.54, 1.807) is 0 Å². The van der Waals surface area contributed by atoms with Crippen LogP contribution in [0.1, 0.15) is 22.8 Å².